The fraction of sp³-hybridized carbons (Fsp3) is 1.00. The van der Waals surface area contributed by atoms with Crippen LogP contribution in [-0.4, -0.2) is 18.2 Å². The first-order valence-corrected chi connectivity index (χ1v) is 6.60. The molecule has 1 aliphatic carbocycles. The van der Waals surface area contributed by atoms with Crippen LogP contribution in [0, 0.1) is 11.8 Å². The number of rotatable bonds is 5. The Kier molecular flexibility index (Phi) is 3.36. The molecule has 0 aromatic carbocycles. The summed E-state index contributed by atoms with van der Waals surface area (Å²) >= 11 is 0. The van der Waals surface area contributed by atoms with Crippen molar-refractivity contribution in [2.24, 2.45) is 17.6 Å². The third-order valence-electron chi connectivity index (χ3n) is 4.31. The van der Waals surface area contributed by atoms with Gasteiger partial charge in [0.05, 0.1) is 6.10 Å². The summed E-state index contributed by atoms with van der Waals surface area (Å²) in [5.41, 5.74) is 6.57. The average Bonchev–Trinajstić information content (AvgIpc) is 3.00. The Morgan fingerprint density at radius 3 is 2.53 bits per heavy atom. The number of hydrogen-bond acceptors (Lipinski definition) is 2. The molecule has 2 rings (SSSR count). The second kappa shape index (κ2) is 4.42. The molecule has 2 N–H and O–H groups in total. The van der Waals surface area contributed by atoms with Crippen LogP contribution in [0.3, 0.4) is 0 Å². The molecule has 0 spiro atoms. The van der Waals surface area contributed by atoms with Gasteiger partial charge >= 0.3 is 0 Å². The van der Waals surface area contributed by atoms with Gasteiger partial charge in [-0.05, 0) is 37.5 Å². The zero-order valence-electron chi connectivity index (χ0n) is 10.2. The van der Waals surface area contributed by atoms with Crippen LogP contribution in [0.25, 0.3) is 0 Å². The van der Waals surface area contributed by atoms with Gasteiger partial charge in [0.1, 0.15) is 0 Å². The summed E-state index contributed by atoms with van der Waals surface area (Å²) in [5, 5.41) is 0. The van der Waals surface area contributed by atoms with Gasteiger partial charge in [-0.15, -0.1) is 0 Å². The van der Waals surface area contributed by atoms with E-state index < -0.39 is 0 Å². The number of nitrogens with two attached hydrogens (primary N) is 1. The molecule has 2 heteroatoms. The van der Waals surface area contributed by atoms with E-state index in [0.717, 1.165) is 24.9 Å². The van der Waals surface area contributed by atoms with E-state index in [4.69, 9.17) is 10.5 Å². The average molecular weight is 211 g/mol. The zero-order valence-corrected chi connectivity index (χ0v) is 10.2. The van der Waals surface area contributed by atoms with Gasteiger partial charge in [-0.25, -0.2) is 0 Å². The lowest BCUT2D eigenvalue weighted by Gasteiger charge is -2.33. The van der Waals surface area contributed by atoms with Crippen LogP contribution in [0.15, 0.2) is 0 Å². The van der Waals surface area contributed by atoms with Crippen molar-refractivity contribution in [1.82, 2.24) is 0 Å². The monoisotopic (exact) mass is 211 g/mol. The van der Waals surface area contributed by atoms with Crippen molar-refractivity contribution in [1.29, 1.82) is 0 Å². The highest BCUT2D eigenvalue weighted by Gasteiger charge is 2.48. The summed E-state index contributed by atoms with van der Waals surface area (Å²) in [4.78, 5) is 0. The quantitative estimate of drug-likeness (QED) is 0.759. The number of ether oxygens (including phenoxy) is 1. The largest absolute Gasteiger partial charge is 0.376 e. The van der Waals surface area contributed by atoms with Gasteiger partial charge in [-0.1, -0.05) is 26.7 Å². The summed E-state index contributed by atoms with van der Waals surface area (Å²) < 4.78 is 5.86. The molecule has 0 aromatic rings. The normalized spacial score (nSPS) is 36.4. The molecule has 2 atom stereocenters. The Balaban J connectivity index is 1.97. The highest BCUT2D eigenvalue weighted by atomic mass is 16.5. The first-order valence-electron chi connectivity index (χ1n) is 6.60. The van der Waals surface area contributed by atoms with Gasteiger partial charge in [0, 0.05) is 12.1 Å². The van der Waals surface area contributed by atoms with Crippen molar-refractivity contribution >= 4 is 0 Å². The van der Waals surface area contributed by atoms with E-state index >= 15 is 0 Å². The van der Waals surface area contributed by atoms with E-state index in [9.17, 15) is 0 Å². The van der Waals surface area contributed by atoms with E-state index in [2.05, 4.69) is 13.8 Å². The summed E-state index contributed by atoms with van der Waals surface area (Å²) in [6.07, 6.45) is 7.81. The first-order chi connectivity index (χ1) is 7.19. The van der Waals surface area contributed by atoms with Crippen LogP contribution in [0.1, 0.15) is 52.4 Å². The topological polar surface area (TPSA) is 35.2 Å². The molecule has 0 amide bonds. The van der Waals surface area contributed by atoms with Gasteiger partial charge in [-0.3, -0.25) is 0 Å². The van der Waals surface area contributed by atoms with E-state index in [1.807, 2.05) is 0 Å². The molecule has 0 radical (unpaired) electrons. The molecule has 15 heavy (non-hydrogen) atoms. The molecule has 1 heterocycles. The Morgan fingerprint density at radius 2 is 2.00 bits per heavy atom. The lowest BCUT2D eigenvalue weighted by Crippen LogP contribution is -2.49. The van der Waals surface area contributed by atoms with Crippen LogP contribution in [0.2, 0.25) is 0 Å². The standard InChI is InChI=1S/C13H25NO/c1-3-10(4-2)9-13(14)7-8-15-12(13)11-5-6-11/h10-12H,3-9,14H2,1-2H3. The minimum atomic E-state index is -0.00213. The first kappa shape index (κ1) is 11.4. The number of hydrogen-bond donors (Lipinski definition) is 1. The molecule has 2 fully saturated rings. The van der Waals surface area contributed by atoms with E-state index in [0.29, 0.717) is 6.10 Å². The molecular formula is C13H25NO. The van der Waals surface area contributed by atoms with Crippen LogP contribution < -0.4 is 5.73 Å². The zero-order chi connectivity index (χ0) is 10.9. The molecule has 1 saturated carbocycles. The molecule has 88 valence electrons. The SMILES string of the molecule is CCC(CC)CC1(N)CCOC1C1CC1. The molecule has 2 unspecified atom stereocenters. The van der Waals surface area contributed by atoms with E-state index in [-0.39, 0.29) is 5.54 Å². The fourth-order valence-electron chi connectivity index (χ4n) is 3.02. The van der Waals surface area contributed by atoms with Crippen molar-refractivity contribution in [2.45, 2.75) is 64.0 Å². The Labute approximate surface area is 93.6 Å². The fourth-order valence-corrected chi connectivity index (χ4v) is 3.02. The molecule has 2 nitrogen and oxygen atoms in total. The summed E-state index contributed by atoms with van der Waals surface area (Å²) in [6, 6.07) is 0. The maximum Gasteiger partial charge on any atom is 0.0783 e. The second-order valence-corrected chi connectivity index (χ2v) is 5.50. The smallest absolute Gasteiger partial charge is 0.0783 e. The van der Waals surface area contributed by atoms with Gasteiger partial charge in [0.25, 0.3) is 0 Å². The summed E-state index contributed by atoms with van der Waals surface area (Å²) in [6.45, 7) is 5.44. The second-order valence-electron chi connectivity index (χ2n) is 5.50. The molecule has 1 saturated heterocycles. The van der Waals surface area contributed by atoms with Crippen molar-refractivity contribution in [3.05, 3.63) is 0 Å². The Morgan fingerprint density at radius 1 is 1.33 bits per heavy atom. The highest BCUT2D eigenvalue weighted by molar-refractivity contribution is 5.03. The van der Waals surface area contributed by atoms with Gasteiger partial charge < -0.3 is 10.5 Å². The third-order valence-corrected chi connectivity index (χ3v) is 4.31. The lowest BCUT2D eigenvalue weighted by molar-refractivity contribution is 0.0545. The van der Waals surface area contributed by atoms with Crippen molar-refractivity contribution in [3.8, 4) is 0 Å². The van der Waals surface area contributed by atoms with Gasteiger partial charge in [-0.2, -0.15) is 0 Å². The summed E-state index contributed by atoms with van der Waals surface area (Å²) in [7, 11) is 0. The molecule has 2 aliphatic rings. The molecule has 1 aliphatic heterocycles. The molecule has 0 bridgehead atoms. The Hall–Kier alpha value is -0.0800. The summed E-state index contributed by atoms with van der Waals surface area (Å²) in [5.74, 6) is 1.57. The van der Waals surface area contributed by atoms with Crippen molar-refractivity contribution < 1.29 is 4.74 Å². The minimum Gasteiger partial charge on any atom is -0.376 e. The van der Waals surface area contributed by atoms with E-state index in [1.165, 1.54) is 32.1 Å². The third kappa shape index (κ3) is 2.36. The van der Waals surface area contributed by atoms with Gasteiger partial charge in [0.15, 0.2) is 0 Å². The highest BCUT2D eigenvalue weighted by Crippen LogP contribution is 2.44. The predicted octanol–water partition coefficient (Wildman–Crippen LogP) is 2.71. The molecular weight excluding hydrogens is 186 g/mol. The van der Waals surface area contributed by atoms with E-state index in [1.54, 1.807) is 0 Å². The maximum absolute atomic E-state index is 6.57. The van der Waals surface area contributed by atoms with Crippen LogP contribution in [0.5, 0.6) is 0 Å². The molecule has 0 aromatic heterocycles. The van der Waals surface area contributed by atoms with Crippen molar-refractivity contribution in [2.75, 3.05) is 6.61 Å². The predicted molar refractivity (Wildman–Crippen MR) is 62.7 cm³/mol. The lowest BCUT2D eigenvalue weighted by atomic mass is 9.79. The van der Waals surface area contributed by atoms with Crippen LogP contribution >= 0.6 is 0 Å². The minimum absolute atomic E-state index is 0.00213. The van der Waals surface area contributed by atoms with Gasteiger partial charge in [0.2, 0.25) is 0 Å². The Bertz CT molecular complexity index is 211. The van der Waals surface area contributed by atoms with Crippen molar-refractivity contribution in [3.63, 3.8) is 0 Å². The van der Waals surface area contributed by atoms with Crippen LogP contribution in [-0.2, 0) is 4.74 Å². The van der Waals surface area contributed by atoms with Crippen LogP contribution in [0.4, 0.5) is 0 Å². The maximum atomic E-state index is 6.57.